The van der Waals surface area contributed by atoms with Crippen molar-refractivity contribution in [1.82, 2.24) is 25.0 Å². The lowest BCUT2D eigenvalue weighted by atomic mass is 10.4. The average molecular weight is 243 g/mol. The van der Waals surface area contributed by atoms with Crippen molar-refractivity contribution in [3.05, 3.63) is 10.5 Å². The van der Waals surface area contributed by atoms with E-state index in [0.717, 1.165) is 43.6 Å². The number of hydrogen-bond donors (Lipinski definition) is 2. The second-order valence-electron chi connectivity index (χ2n) is 3.81. The molecule has 0 spiro atoms. The van der Waals surface area contributed by atoms with Crippen molar-refractivity contribution in [3.63, 3.8) is 0 Å². The molecule has 1 aromatic heterocycles. The lowest BCUT2D eigenvalue weighted by molar-refractivity contribution is 0.255. The molecule has 90 valence electrons. The number of rotatable bonds is 4. The van der Waals surface area contributed by atoms with E-state index in [0.29, 0.717) is 0 Å². The molecule has 2 heterocycles. The third-order valence-electron chi connectivity index (χ3n) is 2.69. The number of hydrogen-bond acceptors (Lipinski definition) is 5. The Hall–Kier alpha value is -0.790. The number of aromatic nitrogens is 3. The maximum absolute atomic E-state index is 11.1. The lowest BCUT2D eigenvalue weighted by Gasteiger charge is -2.26. The zero-order valence-electron chi connectivity index (χ0n) is 9.40. The molecule has 0 unspecified atom stereocenters. The summed E-state index contributed by atoms with van der Waals surface area (Å²) >= 11 is 1.62. The molecule has 0 atom stereocenters. The first-order chi connectivity index (χ1) is 7.77. The quantitative estimate of drug-likeness (QED) is 0.671. The Morgan fingerprint density at radius 2 is 2.19 bits per heavy atom. The van der Waals surface area contributed by atoms with Crippen molar-refractivity contribution < 1.29 is 0 Å². The lowest BCUT2D eigenvalue weighted by Crippen LogP contribution is -2.44. The van der Waals surface area contributed by atoms with Crippen LogP contribution < -0.4 is 11.0 Å². The molecule has 0 bridgehead atoms. The summed E-state index contributed by atoms with van der Waals surface area (Å²) in [5, 5.41) is 10.5. The van der Waals surface area contributed by atoms with Crippen LogP contribution in [0.1, 0.15) is 0 Å². The SMILES string of the molecule is Cn1c(SCCN2CCNCC2)n[nH]c1=O. The van der Waals surface area contributed by atoms with Crippen molar-refractivity contribution in [3.8, 4) is 0 Å². The van der Waals surface area contributed by atoms with Gasteiger partial charge in [0.05, 0.1) is 0 Å². The third-order valence-corrected chi connectivity index (χ3v) is 3.70. The molecule has 7 heteroatoms. The monoisotopic (exact) mass is 243 g/mol. The number of nitrogens with one attached hydrogen (secondary N) is 2. The molecule has 0 aliphatic carbocycles. The number of thioether (sulfide) groups is 1. The maximum atomic E-state index is 11.1. The molecule has 16 heavy (non-hydrogen) atoms. The first kappa shape index (κ1) is 11.7. The topological polar surface area (TPSA) is 66.0 Å². The van der Waals surface area contributed by atoms with E-state index in [1.165, 1.54) is 0 Å². The molecule has 6 nitrogen and oxygen atoms in total. The molecule has 1 fully saturated rings. The smallest absolute Gasteiger partial charge is 0.314 e. The fraction of sp³-hybridized carbons (Fsp3) is 0.778. The summed E-state index contributed by atoms with van der Waals surface area (Å²) < 4.78 is 1.54. The highest BCUT2D eigenvalue weighted by molar-refractivity contribution is 7.99. The van der Waals surface area contributed by atoms with E-state index in [2.05, 4.69) is 20.4 Å². The van der Waals surface area contributed by atoms with Gasteiger partial charge in [-0.15, -0.1) is 5.10 Å². The van der Waals surface area contributed by atoms with Gasteiger partial charge < -0.3 is 5.32 Å². The molecule has 1 saturated heterocycles. The van der Waals surface area contributed by atoms with Crippen LogP contribution in [-0.2, 0) is 7.05 Å². The van der Waals surface area contributed by atoms with Crippen LogP contribution in [0.5, 0.6) is 0 Å². The fourth-order valence-corrected chi connectivity index (χ4v) is 2.58. The van der Waals surface area contributed by atoms with Crippen LogP contribution in [0.2, 0.25) is 0 Å². The minimum absolute atomic E-state index is 0.148. The maximum Gasteiger partial charge on any atom is 0.343 e. The van der Waals surface area contributed by atoms with Crippen LogP contribution in [0.25, 0.3) is 0 Å². The van der Waals surface area contributed by atoms with Crippen molar-refractivity contribution in [1.29, 1.82) is 0 Å². The summed E-state index contributed by atoms with van der Waals surface area (Å²) in [6.45, 7) is 5.42. The standard InChI is InChI=1S/C9H17N5OS/c1-13-8(15)11-12-9(13)16-7-6-14-4-2-10-3-5-14/h10H,2-7H2,1H3,(H,11,15). The predicted molar refractivity (Wildman–Crippen MR) is 63.9 cm³/mol. The fourth-order valence-electron chi connectivity index (χ4n) is 1.66. The van der Waals surface area contributed by atoms with Gasteiger partial charge in [0.1, 0.15) is 0 Å². The summed E-state index contributed by atoms with van der Waals surface area (Å²) in [6, 6.07) is 0. The van der Waals surface area contributed by atoms with Crippen molar-refractivity contribution in [2.75, 3.05) is 38.5 Å². The summed E-state index contributed by atoms with van der Waals surface area (Å²) in [5.74, 6) is 0.970. The number of H-pyrrole nitrogens is 1. The van der Waals surface area contributed by atoms with Crippen LogP contribution in [-0.4, -0.2) is 58.1 Å². The Bertz CT molecular complexity index is 381. The second-order valence-corrected chi connectivity index (χ2v) is 4.87. The van der Waals surface area contributed by atoms with Crippen LogP contribution in [0, 0.1) is 0 Å². The van der Waals surface area contributed by atoms with Crippen LogP contribution in [0.3, 0.4) is 0 Å². The largest absolute Gasteiger partial charge is 0.343 e. The predicted octanol–water partition coefficient (Wildman–Crippen LogP) is -0.894. The van der Waals surface area contributed by atoms with Gasteiger partial charge >= 0.3 is 5.69 Å². The molecule has 0 amide bonds. The molecule has 2 N–H and O–H groups in total. The molecule has 1 aliphatic rings. The van der Waals surface area contributed by atoms with Crippen LogP contribution in [0.4, 0.5) is 0 Å². The molecule has 0 radical (unpaired) electrons. The van der Waals surface area contributed by atoms with Crippen LogP contribution >= 0.6 is 11.8 Å². The van der Waals surface area contributed by atoms with Gasteiger partial charge in [-0.1, -0.05) is 11.8 Å². The molecule has 0 saturated carbocycles. The van der Waals surface area contributed by atoms with Crippen molar-refractivity contribution in [2.24, 2.45) is 7.05 Å². The average Bonchev–Trinajstić information content (AvgIpc) is 2.62. The third kappa shape index (κ3) is 2.87. The van der Waals surface area contributed by atoms with E-state index < -0.39 is 0 Å². The van der Waals surface area contributed by atoms with Crippen molar-refractivity contribution in [2.45, 2.75) is 5.16 Å². The normalized spacial score (nSPS) is 17.8. The molecular formula is C9H17N5OS. The Morgan fingerprint density at radius 3 is 2.81 bits per heavy atom. The van der Waals surface area contributed by atoms with E-state index in [-0.39, 0.29) is 5.69 Å². The van der Waals surface area contributed by atoms with E-state index in [9.17, 15) is 4.79 Å². The van der Waals surface area contributed by atoms with Crippen LogP contribution in [0.15, 0.2) is 9.95 Å². The van der Waals surface area contributed by atoms with E-state index in [1.807, 2.05) is 0 Å². The summed E-state index contributed by atoms with van der Waals surface area (Å²) in [5.41, 5.74) is -0.148. The van der Waals surface area contributed by atoms with E-state index in [4.69, 9.17) is 0 Å². The minimum atomic E-state index is -0.148. The Kier molecular flexibility index (Phi) is 4.03. The molecular weight excluding hydrogens is 226 g/mol. The van der Waals surface area contributed by atoms with Gasteiger partial charge in [0.2, 0.25) is 0 Å². The molecule has 1 aliphatic heterocycles. The Labute approximate surface area is 98.4 Å². The van der Waals surface area contributed by atoms with E-state index >= 15 is 0 Å². The highest BCUT2D eigenvalue weighted by Crippen LogP contribution is 2.11. The van der Waals surface area contributed by atoms with Gasteiger partial charge in [-0.05, 0) is 0 Å². The highest BCUT2D eigenvalue weighted by Gasteiger charge is 2.10. The number of aromatic amines is 1. The highest BCUT2D eigenvalue weighted by atomic mass is 32.2. The molecule has 1 aromatic rings. The summed E-state index contributed by atoms with van der Waals surface area (Å²) in [7, 11) is 1.74. The zero-order valence-corrected chi connectivity index (χ0v) is 10.2. The Balaban J connectivity index is 1.75. The van der Waals surface area contributed by atoms with Gasteiger partial charge in [-0.3, -0.25) is 9.47 Å². The van der Waals surface area contributed by atoms with Gasteiger partial charge in [-0.25, -0.2) is 9.89 Å². The van der Waals surface area contributed by atoms with E-state index in [1.54, 1.807) is 23.4 Å². The van der Waals surface area contributed by atoms with Gasteiger partial charge in [0, 0.05) is 45.5 Å². The minimum Gasteiger partial charge on any atom is -0.314 e. The van der Waals surface area contributed by atoms with Gasteiger partial charge in [0.15, 0.2) is 5.16 Å². The second kappa shape index (κ2) is 5.51. The van der Waals surface area contributed by atoms with Gasteiger partial charge in [0.25, 0.3) is 0 Å². The Morgan fingerprint density at radius 1 is 1.44 bits per heavy atom. The zero-order chi connectivity index (χ0) is 11.4. The molecule has 2 rings (SSSR count). The van der Waals surface area contributed by atoms with Gasteiger partial charge in [-0.2, -0.15) is 0 Å². The number of nitrogens with zero attached hydrogens (tertiary/aromatic N) is 3. The first-order valence-electron chi connectivity index (χ1n) is 5.44. The van der Waals surface area contributed by atoms with Crippen molar-refractivity contribution >= 4 is 11.8 Å². The number of piperazine rings is 1. The summed E-state index contributed by atoms with van der Waals surface area (Å²) in [4.78, 5) is 13.5. The first-order valence-corrected chi connectivity index (χ1v) is 6.43. The summed E-state index contributed by atoms with van der Waals surface area (Å²) in [6.07, 6.45) is 0. The molecule has 0 aromatic carbocycles.